The first-order chi connectivity index (χ1) is 10.5. The number of amides is 2. The molecule has 0 aliphatic rings. The van der Waals surface area contributed by atoms with Crippen LogP contribution in [0.1, 0.15) is 5.56 Å². The Bertz CT molecular complexity index is 689. The average molecular weight is 321 g/mol. The maximum Gasteiger partial charge on any atom is 0.323 e. The molecule has 2 N–H and O–H groups in total. The number of methoxy groups -OCH3 is 2. The van der Waals surface area contributed by atoms with Gasteiger partial charge in [-0.25, -0.2) is 4.79 Å². The Morgan fingerprint density at radius 1 is 1.00 bits per heavy atom. The van der Waals surface area contributed by atoms with Gasteiger partial charge in [0.2, 0.25) is 0 Å². The lowest BCUT2D eigenvalue weighted by molar-refractivity contribution is 0.262. The SMILES string of the molecule is COc1ccc(NC(=O)Nc2cc(Cl)ccc2OC)c(C)c1. The lowest BCUT2D eigenvalue weighted by Crippen LogP contribution is -2.20. The molecule has 116 valence electrons. The first-order valence-corrected chi connectivity index (χ1v) is 6.97. The Labute approximate surface area is 134 Å². The molecule has 0 fully saturated rings. The smallest absolute Gasteiger partial charge is 0.323 e. The van der Waals surface area contributed by atoms with Crippen molar-refractivity contribution in [2.75, 3.05) is 24.9 Å². The topological polar surface area (TPSA) is 59.6 Å². The van der Waals surface area contributed by atoms with Crippen LogP contribution in [-0.4, -0.2) is 20.3 Å². The van der Waals surface area contributed by atoms with E-state index in [0.717, 1.165) is 11.3 Å². The maximum atomic E-state index is 12.1. The summed E-state index contributed by atoms with van der Waals surface area (Å²) in [6.07, 6.45) is 0. The third-order valence-corrected chi connectivity index (χ3v) is 3.33. The van der Waals surface area contributed by atoms with Gasteiger partial charge in [-0.1, -0.05) is 11.6 Å². The lowest BCUT2D eigenvalue weighted by atomic mass is 10.2. The normalized spacial score (nSPS) is 10.0. The molecule has 0 saturated carbocycles. The zero-order chi connectivity index (χ0) is 16.1. The van der Waals surface area contributed by atoms with Crippen LogP contribution >= 0.6 is 11.6 Å². The highest BCUT2D eigenvalue weighted by atomic mass is 35.5. The Hall–Kier alpha value is -2.40. The predicted molar refractivity (Wildman–Crippen MR) is 88.4 cm³/mol. The Morgan fingerprint density at radius 3 is 2.36 bits per heavy atom. The quantitative estimate of drug-likeness (QED) is 0.882. The standard InChI is InChI=1S/C16H17ClN2O3/c1-10-8-12(21-2)5-6-13(10)18-16(20)19-14-9-11(17)4-7-15(14)22-3/h4-9H,1-3H3,(H2,18,19,20). The molecule has 0 radical (unpaired) electrons. The molecular formula is C16H17ClN2O3. The van der Waals surface area contributed by atoms with Gasteiger partial charge in [0.05, 0.1) is 19.9 Å². The summed E-state index contributed by atoms with van der Waals surface area (Å²) in [6.45, 7) is 1.89. The van der Waals surface area contributed by atoms with E-state index in [0.29, 0.717) is 22.1 Å². The van der Waals surface area contributed by atoms with Crippen LogP contribution in [0.15, 0.2) is 36.4 Å². The van der Waals surface area contributed by atoms with E-state index in [4.69, 9.17) is 21.1 Å². The molecule has 0 aliphatic heterocycles. The second-order valence-corrected chi connectivity index (χ2v) is 5.04. The number of aryl methyl sites for hydroxylation is 1. The fourth-order valence-corrected chi connectivity index (χ4v) is 2.13. The third kappa shape index (κ3) is 3.83. The zero-order valence-electron chi connectivity index (χ0n) is 12.6. The molecule has 0 saturated heterocycles. The Balaban J connectivity index is 2.12. The van der Waals surface area contributed by atoms with Crippen molar-refractivity contribution in [2.24, 2.45) is 0 Å². The summed E-state index contributed by atoms with van der Waals surface area (Å²) < 4.78 is 10.3. The number of hydrogen-bond donors (Lipinski definition) is 2. The van der Waals surface area contributed by atoms with Crippen molar-refractivity contribution in [1.82, 2.24) is 0 Å². The Kier molecular flexibility index (Phi) is 5.12. The van der Waals surface area contributed by atoms with Crippen LogP contribution in [0.3, 0.4) is 0 Å². The number of carbonyl (C=O) groups is 1. The minimum Gasteiger partial charge on any atom is -0.497 e. The molecule has 0 aromatic heterocycles. The minimum absolute atomic E-state index is 0.381. The van der Waals surface area contributed by atoms with Gasteiger partial charge < -0.3 is 20.1 Å². The summed E-state index contributed by atoms with van der Waals surface area (Å²) in [7, 11) is 3.12. The van der Waals surface area contributed by atoms with Crippen molar-refractivity contribution in [3.63, 3.8) is 0 Å². The number of urea groups is 1. The number of carbonyl (C=O) groups excluding carboxylic acids is 1. The van der Waals surface area contributed by atoms with Gasteiger partial charge in [0.15, 0.2) is 0 Å². The number of hydrogen-bond acceptors (Lipinski definition) is 3. The summed E-state index contributed by atoms with van der Waals surface area (Å²) >= 11 is 5.93. The van der Waals surface area contributed by atoms with Gasteiger partial charge >= 0.3 is 6.03 Å². The number of ether oxygens (including phenoxy) is 2. The van der Waals surface area contributed by atoms with E-state index in [2.05, 4.69) is 10.6 Å². The molecule has 22 heavy (non-hydrogen) atoms. The molecular weight excluding hydrogens is 304 g/mol. The highest BCUT2D eigenvalue weighted by Crippen LogP contribution is 2.28. The van der Waals surface area contributed by atoms with Crippen LogP contribution in [0.25, 0.3) is 0 Å². The van der Waals surface area contributed by atoms with Gasteiger partial charge in [-0.15, -0.1) is 0 Å². The minimum atomic E-state index is -0.381. The summed E-state index contributed by atoms with van der Waals surface area (Å²) in [4.78, 5) is 12.1. The Morgan fingerprint density at radius 2 is 1.73 bits per heavy atom. The second-order valence-electron chi connectivity index (χ2n) is 4.60. The highest BCUT2D eigenvalue weighted by Gasteiger charge is 2.10. The molecule has 2 amide bonds. The number of benzene rings is 2. The summed E-state index contributed by atoms with van der Waals surface area (Å²) in [5.74, 6) is 1.27. The molecule has 0 unspecified atom stereocenters. The van der Waals surface area contributed by atoms with Crippen molar-refractivity contribution in [3.8, 4) is 11.5 Å². The van der Waals surface area contributed by atoms with Crippen LogP contribution < -0.4 is 20.1 Å². The van der Waals surface area contributed by atoms with Crippen LogP contribution in [0.5, 0.6) is 11.5 Å². The zero-order valence-corrected chi connectivity index (χ0v) is 13.3. The summed E-state index contributed by atoms with van der Waals surface area (Å²) in [6, 6.07) is 10.0. The van der Waals surface area contributed by atoms with Crippen LogP contribution in [0.2, 0.25) is 5.02 Å². The van der Waals surface area contributed by atoms with E-state index in [1.807, 2.05) is 13.0 Å². The molecule has 0 bridgehead atoms. The van der Waals surface area contributed by atoms with Gasteiger partial charge in [0.1, 0.15) is 11.5 Å². The average Bonchev–Trinajstić information content (AvgIpc) is 2.49. The number of nitrogens with one attached hydrogen (secondary N) is 2. The van der Waals surface area contributed by atoms with E-state index in [1.54, 1.807) is 37.4 Å². The van der Waals surface area contributed by atoms with Crippen LogP contribution in [0, 0.1) is 6.92 Å². The van der Waals surface area contributed by atoms with Gasteiger partial charge in [-0.05, 0) is 48.9 Å². The monoisotopic (exact) mass is 320 g/mol. The van der Waals surface area contributed by atoms with E-state index >= 15 is 0 Å². The summed E-state index contributed by atoms with van der Waals surface area (Å²) in [5, 5.41) is 6.00. The number of rotatable bonds is 4. The van der Waals surface area contributed by atoms with Crippen molar-refractivity contribution >= 4 is 29.0 Å². The lowest BCUT2D eigenvalue weighted by Gasteiger charge is -2.13. The van der Waals surface area contributed by atoms with Crippen LogP contribution in [-0.2, 0) is 0 Å². The predicted octanol–water partition coefficient (Wildman–Crippen LogP) is 4.31. The van der Waals surface area contributed by atoms with E-state index in [-0.39, 0.29) is 6.03 Å². The largest absolute Gasteiger partial charge is 0.497 e. The van der Waals surface area contributed by atoms with Gasteiger partial charge in [0, 0.05) is 10.7 Å². The fraction of sp³-hybridized carbons (Fsp3) is 0.188. The van der Waals surface area contributed by atoms with E-state index in [1.165, 1.54) is 7.11 Å². The highest BCUT2D eigenvalue weighted by molar-refractivity contribution is 6.31. The molecule has 6 heteroatoms. The van der Waals surface area contributed by atoms with Crippen molar-refractivity contribution in [3.05, 3.63) is 47.0 Å². The first kappa shape index (κ1) is 16.0. The molecule has 2 aromatic rings. The summed E-state index contributed by atoms with van der Waals surface area (Å²) in [5.41, 5.74) is 2.09. The second kappa shape index (κ2) is 7.04. The van der Waals surface area contributed by atoms with Gasteiger partial charge in [-0.2, -0.15) is 0 Å². The van der Waals surface area contributed by atoms with Gasteiger partial charge in [0.25, 0.3) is 0 Å². The molecule has 0 spiro atoms. The van der Waals surface area contributed by atoms with Crippen molar-refractivity contribution in [1.29, 1.82) is 0 Å². The first-order valence-electron chi connectivity index (χ1n) is 6.59. The third-order valence-electron chi connectivity index (χ3n) is 3.09. The van der Waals surface area contributed by atoms with E-state index in [9.17, 15) is 4.79 Å². The van der Waals surface area contributed by atoms with Crippen LogP contribution in [0.4, 0.5) is 16.2 Å². The molecule has 0 heterocycles. The molecule has 2 rings (SSSR count). The van der Waals surface area contributed by atoms with Crippen molar-refractivity contribution < 1.29 is 14.3 Å². The fourth-order valence-electron chi connectivity index (χ4n) is 1.96. The van der Waals surface area contributed by atoms with Crippen molar-refractivity contribution in [2.45, 2.75) is 6.92 Å². The molecule has 0 atom stereocenters. The molecule has 0 aliphatic carbocycles. The number of anilines is 2. The molecule has 2 aromatic carbocycles. The van der Waals surface area contributed by atoms with E-state index < -0.39 is 0 Å². The number of halogens is 1. The molecule has 5 nitrogen and oxygen atoms in total. The van der Waals surface area contributed by atoms with Gasteiger partial charge in [-0.3, -0.25) is 0 Å². The maximum absolute atomic E-state index is 12.1.